The van der Waals surface area contributed by atoms with Gasteiger partial charge in [-0.3, -0.25) is 9.10 Å². The molecule has 8 heteroatoms. The standard InChI is InChI=1S/C20H24N2O5S/c1-13-6-5-7-17(14(13)2)21-20(23)15(3)22(28(4,24)25)16-8-9-18-19(12-16)27-11-10-26-18/h5-9,12,15H,10-11H2,1-4H3,(H,21,23)/t15-/m1/s1. The van der Waals surface area contributed by atoms with Gasteiger partial charge in [-0.25, -0.2) is 8.42 Å². The minimum absolute atomic E-state index is 0.343. The smallest absolute Gasteiger partial charge is 0.248 e. The average molecular weight is 404 g/mol. The molecule has 1 heterocycles. The van der Waals surface area contributed by atoms with Crippen molar-refractivity contribution >= 4 is 27.3 Å². The number of benzene rings is 2. The molecule has 7 nitrogen and oxygen atoms in total. The van der Waals surface area contributed by atoms with Crippen molar-refractivity contribution in [1.82, 2.24) is 0 Å². The Hall–Kier alpha value is -2.74. The fourth-order valence-electron chi connectivity index (χ4n) is 3.10. The lowest BCUT2D eigenvalue weighted by Crippen LogP contribution is -2.45. The maximum atomic E-state index is 12.9. The predicted octanol–water partition coefficient (Wildman–Crippen LogP) is 2.87. The van der Waals surface area contributed by atoms with Gasteiger partial charge in [-0.2, -0.15) is 0 Å². The predicted molar refractivity (Wildman–Crippen MR) is 109 cm³/mol. The first-order chi connectivity index (χ1) is 13.2. The summed E-state index contributed by atoms with van der Waals surface area (Å²) in [5.41, 5.74) is 2.98. The Morgan fingerprint density at radius 1 is 1.11 bits per heavy atom. The first kappa shape index (κ1) is 20.0. The maximum absolute atomic E-state index is 12.9. The van der Waals surface area contributed by atoms with Crippen molar-refractivity contribution in [3.05, 3.63) is 47.5 Å². The summed E-state index contributed by atoms with van der Waals surface area (Å²) in [7, 11) is -3.72. The highest BCUT2D eigenvalue weighted by molar-refractivity contribution is 7.92. The minimum Gasteiger partial charge on any atom is -0.486 e. The van der Waals surface area contributed by atoms with Crippen LogP contribution in [0.25, 0.3) is 0 Å². The molecule has 28 heavy (non-hydrogen) atoms. The summed E-state index contributed by atoms with van der Waals surface area (Å²) in [5, 5.41) is 2.83. The van der Waals surface area contributed by atoms with Crippen LogP contribution in [-0.2, 0) is 14.8 Å². The first-order valence-corrected chi connectivity index (χ1v) is 10.8. The molecule has 0 saturated heterocycles. The largest absolute Gasteiger partial charge is 0.486 e. The number of anilines is 2. The molecule has 0 spiro atoms. The fourth-order valence-corrected chi connectivity index (χ4v) is 4.27. The zero-order chi connectivity index (χ0) is 20.5. The van der Waals surface area contributed by atoms with Crippen molar-refractivity contribution < 1.29 is 22.7 Å². The molecule has 2 aromatic carbocycles. The van der Waals surface area contributed by atoms with E-state index in [4.69, 9.17) is 9.47 Å². The van der Waals surface area contributed by atoms with Crippen molar-refractivity contribution in [3.8, 4) is 11.5 Å². The fraction of sp³-hybridized carbons (Fsp3) is 0.350. The van der Waals surface area contributed by atoms with Gasteiger partial charge in [0.25, 0.3) is 0 Å². The van der Waals surface area contributed by atoms with Crippen molar-refractivity contribution in [3.63, 3.8) is 0 Å². The van der Waals surface area contributed by atoms with Gasteiger partial charge < -0.3 is 14.8 Å². The second kappa shape index (κ2) is 7.71. The van der Waals surface area contributed by atoms with Crippen LogP contribution < -0.4 is 19.1 Å². The quantitative estimate of drug-likeness (QED) is 0.828. The van der Waals surface area contributed by atoms with E-state index in [0.29, 0.717) is 36.1 Å². The number of amides is 1. The van der Waals surface area contributed by atoms with Crippen molar-refractivity contribution in [2.75, 3.05) is 29.1 Å². The molecule has 1 aliphatic heterocycles. The third-order valence-corrected chi connectivity index (χ3v) is 5.97. The lowest BCUT2D eigenvalue weighted by atomic mass is 10.1. The van der Waals surface area contributed by atoms with Crippen LogP contribution in [0.15, 0.2) is 36.4 Å². The molecule has 0 radical (unpaired) electrons. The molecule has 0 aliphatic carbocycles. The van der Waals surface area contributed by atoms with Crippen LogP contribution in [0.2, 0.25) is 0 Å². The molecule has 1 amide bonds. The SMILES string of the molecule is Cc1cccc(NC(=O)[C@@H](C)N(c2ccc3c(c2)OCCO3)S(C)(=O)=O)c1C. The van der Waals surface area contributed by atoms with Gasteiger partial charge in [-0.1, -0.05) is 12.1 Å². The summed E-state index contributed by atoms with van der Waals surface area (Å²) >= 11 is 0. The number of fused-ring (bicyclic) bond motifs is 1. The lowest BCUT2D eigenvalue weighted by Gasteiger charge is -2.29. The van der Waals surface area contributed by atoms with Gasteiger partial charge >= 0.3 is 0 Å². The van der Waals surface area contributed by atoms with Gasteiger partial charge in [0.05, 0.1) is 11.9 Å². The first-order valence-electron chi connectivity index (χ1n) is 8.94. The highest BCUT2D eigenvalue weighted by Gasteiger charge is 2.30. The van der Waals surface area contributed by atoms with Crippen molar-refractivity contribution in [2.24, 2.45) is 0 Å². The summed E-state index contributed by atoms with van der Waals surface area (Å²) < 4.78 is 37.1. The van der Waals surface area contributed by atoms with Crippen LogP contribution in [0.5, 0.6) is 11.5 Å². The molecule has 1 aliphatic rings. The number of hydrogen-bond acceptors (Lipinski definition) is 5. The highest BCUT2D eigenvalue weighted by Crippen LogP contribution is 2.35. The van der Waals surface area contributed by atoms with Crippen LogP contribution >= 0.6 is 0 Å². The third-order valence-electron chi connectivity index (χ3n) is 4.73. The number of hydrogen-bond donors (Lipinski definition) is 1. The molecule has 0 saturated carbocycles. The monoisotopic (exact) mass is 404 g/mol. The van der Waals surface area contributed by atoms with E-state index in [-0.39, 0.29) is 0 Å². The number of rotatable bonds is 5. The normalized spacial score (nSPS) is 14.3. The molecular formula is C20H24N2O5S. The topological polar surface area (TPSA) is 84.9 Å². The second-order valence-corrected chi connectivity index (χ2v) is 8.66. The van der Waals surface area contributed by atoms with E-state index < -0.39 is 22.0 Å². The Bertz CT molecular complexity index is 1000. The lowest BCUT2D eigenvalue weighted by molar-refractivity contribution is -0.116. The molecule has 2 aromatic rings. The second-order valence-electron chi connectivity index (χ2n) is 6.80. The van der Waals surface area contributed by atoms with E-state index in [1.54, 1.807) is 31.2 Å². The Labute approximate surface area is 165 Å². The maximum Gasteiger partial charge on any atom is 0.248 e. The average Bonchev–Trinajstić information content (AvgIpc) is 2.64. The van der Waals surface area contributed by atoms with Crippen molar-refractivity contribution in [1.29, 1.82) is 0 Å². The molecule has 0 aromatic heterocycles. The van der Waals surface area contributed by atoms with Gasteiger partial charge in [-0.15, -0.1) is 0 Å². The van der Waals surface area contributed by atoms with Crippen molar-refractivity contribution in [2.45, 2.75) is 26.8 Å². The molecule has 0 bridgehead atoms. The Kier molecular flexibility index (Phi) is 5.51. The molecule has 3 rings (SSSR count). The van der Waals surface area contributed by atoms with Crippen LogP contribution in [0.3, 0.4) is 0 Å². The molecule has 0 fully saturated rings. The van der Waals surface area contributed by atoms with Gasteiger partial charge in [0.15, 0.2) is 11.5 Å². The number of nitrogens with zero attached hydrogens (tertiary/aromatic N) is 1. The Morgan fingerprint density at radius 3 is 2.46 bits per heavy atom. The molecular weight excluding hydrogens is 380 g/mol. The van der Waals surface area contributed by atoms with E-state index in [9.17, 15) is 13.2 Å². The van der Waals surface area contributed by atoms with E-state index in [2.05, 4.69) is 5.32 Å². The third kappa shape index (κ3) is 4.06. The molecule has 0 unspecified atom stereocenters. The van der Waals surface area contributed by atoms with Crippen LogP contribution in [0.1, 0.15) is 18.1 Å². The van der Waals surface area contributed by atoms with E-state index in [1.165, 1.54) is 0 Å². The zero-order valence-corrected chi connectivity index (χ0v) is 17.2. The number of carbonyl (C=O) groups is 1. The molecule has 150 valence electrons. The minimum atomic E-state index is -3.72. The van der Waals surface area contributed by atoms with Crippen LogP contribution in [-0.4, -0.2) is 39.8 Å². The Morgan fingerprint density at radius 2 is 1.79 bits per heavy atom. The van der Waals surface area contributed by atoms with E-state index in [0.717, 1.165) is 21.7 Å². The summed E-state index contributed by atoms with van der Waals surface area (Å²) in [4.78, 5) is 12.9. The number of nitrogens with one attached hydrogen (secondary N) is 1. The Balaban J connectivity index is 1.91. The summed E-state index contributed by atoms with van der Waals surface area (Å²) in [6.45, 7) is 6.24. The van der Waals surface area contributed by atoms with Gasteiger partial charge in [-0.05, 0) is 50.1 Å². The van der Waals surface area contributed by atoms with E-state index >= 15 is 0 Å². The van der Waals surface area contributed by atoms with Gasteiger partial charge in [0.2, 0.25) is 15.9 Å². The zero-order valence-electron chi connectivity index (χ0n) is 16.4. The molecule has 1 atom stereocenters. The number of aryl methyl sites for hydroxylation is 1. The number of ether oxygens (including phenoxy) is 2. The summed E-state index contributed by atoms with van der Waals surface area (Å²) in [6, 6.07) is 9.47. The summed E-state index contributed by atoms with van der Waals surface area (Å²) in [5.74, 6) is 0.587. The van der Waals surface area contributed by atoms with Crippen LogP contribution in [0, 0.1) is 13.8 Å². The highest BCUT2D eigenvalue weighted by atomic mass is 32.2. The van der Waals surface area contributed by atoms with Crippen LogP contribution in [0.4, 0.5) is 11.4 Å². The van der Waals surface area contributed by atoms with Gasteiger partial charge in [0.1, 0.15) is 19.3 Å². The van der Waals surface area contributed by atoms with E-state index in [1.807, 2.05) is 26.0 Å². The number of carbonyl (C=O) groups excluding carboxylic acids is 1. The van der Waals surface area contributed by atoms with Gasteiger partial charge in [0, 0.05) is 11.8 Å². The number of sulfonamides is 1. The summed E-state index contributed by atoms with van der Waals surface area (Å²) in [6.07, 6.45) is 1.07. The molecule has 1 N–H and O–H groups in total.